The Labute approximate surface area is 199 Å². The highest BCUT2D eigenvalue weighted by Gasteiger charge is 2.14. The van der Waals surface area contributed by atoms with Crippen molar-refractivity contribution in [1.82, 2.24) is 19.3 Å². The number of phenols is 2. The number of nitrogens with one attached hydrogen (secondary N) is 2. The fourth-order valence-corrected chi connectivity index (χ4v) is 4.69. The van der Waals surface area contributed by atoms with E-state index in [9.17, 15) is 18.6 Å². The summed E-state index contributed by atoms with van der Waals surface area (Å²) in [4.78, 5) is 4.72. The van der Waals surface area contributed by atoms with Crippen LogP contribution in [0.2, 0.25) is 0 Å². The number of unbranched alkanes of at least 4 members (excludes halogenated alkanes) is 1. The lowest BCUT2D eigenvalue weighted by Crippen LogP contribution is -2.25. The maximum atomic E-state index is 12.3. The molecule has 0 unspecified atom stereocenters. The number of aromatic nitrogens is 3. The summed E-state index contributed by atoms with van der Waals surface area (Å²) in [5.74, 6) is 0.852. The molecule has 2 aromatic carbocycles. The summed E-state index contributed by atoms with van der Waals surface area (Å²) >= 11 is 3.46. The Morgan fingerprint density at radius 1 is 1.00 bits per heavy atom. The number of aromatic hydroxyl groups is 2. The second kappa shape index (κ2) is 9.77. The van der Waals surface area contributed by atoms with E-state index in [-0.39, 0.29) is 22.9 Å². The number of phenolic OH excluding ortho intramolecular Hbond substituents is 2. The van der Waals surface area contributed by atoms with Crippen LogP contribution >= 0.6 is 15.9 Å². The highest BCUT2D eigenvalue weighted by atomic mass is 79.9. The predicted octanol–water partition coefficient (Wildman–Crippen LogP) is 3.74. The summed E-state index contributed by atoms with van der Waals surface area (Å²) in [5, 5.41) is 27.2. The van der Waals surface area contributed by atoms with Gasteiger partial charge >= 0.3 is 0 Å². The standard InChI is InChI=1S/C22H22BrN5O4S/c23-18-14-25-28-21(13-19(27-22(18)28)17-5-1-2-6-20(17)30)24-11-3-4-12-26-33(31,32)16-9-7-15(29)8-10-16/h1-2,5-10,13-14,24,26,29-30H,3-4,11-12H2. The minimum atomic E-state index is -3.62. The highest BCUT2D eigenvalue weighted by molar-refractivity contribution is 9.10. The van der Waals surface area contributed by atoms with E-state index in [1.54, 1.807) is 28.9 Å². The van der Waals surface area contributed by atoms with Gasteiger partial charge in [0.05, 0.1) is 21.3 Å². The number of rotatable bonds is 9. The largest absolute Gasteiger partial charge is 0.508 e. The Morgan fingerprint density at radius 2 is 1.73 bits per heavy atom. The molecule has 0 aliphatic rings. The van der Waals surface area contributed by atoms with Gasteiger partial charge in [0.25, 0.3) is 0 Å². The number of anilines is 1. The van der Waals surface area contributed by atoms with Gasteiger partial charge in [0, 0.05) is 24.7 Å². The van der Waals surface area contributed by atoms with Gasteiger partial charge in [0.15, 0.2) is 5.65 Å². The molecule has 4 N–H and O–H groups in total. The molecule has 0 spiro atoms. The fraction of sp³-hybridized carbons (Fsp3) is 0.182. The van der Waals surface area contributed by atoms with Crippen LogP contribution in [0.25, 0.3) is 16.9 Å². The first-order valence-electron chi connectivity index (χ1n) is 10.2. The number of benzene rings is 2. The Morgan fingerprint density at radius 3 is 2.48 bits per heavy atom. The van der Waals surface area contributed by atoms with Gasteiger partial charge in [0.1, 0.15) is 17.3 Å². The molecule has 4 aromatic rings. The first-order valence-corrected chi connectivity index (χ1v) is 12.5. The molecule has 0 atom stereocenters. The first-order chi connectivity index (χ1) is 15.8. The molecule has 9 nitrogen and oxygen atoms in total. The SMILES string of the molecule is O=S(=O)(NCCCCNc1cc(-c2ccccc2O)nc2c(Br)cnn12)c1ccc(O)cc1. The molecule has 2 heterocycles. The van der Waals surface area contributed by atoms with Gasteiger partial charge in [-0.15, -0.1) is 0 Å². The van der Waals surface area contributed by atoms with Crippen molar-refractivity contribution < 1.29 is 18.6 Å². The van der Waals surface area contributed by atoms with E-state index in [0.717, 1.165) is 4.47 Å². The molecule has 172 valence electrons. The van der Waals surface area contributed by atoms with Gasteiger partial charge in [0.2, 0.25) is 10.0 Å². The van der Waals surface area contributed by atoms with Crippen LogP contribution in [0.3, 0.4) is 0 Å². The van der Waals surface area contributed by atoms with Crippen LogP contribution < -0.4 is 10.0 Å². The molecule has 0 amide bonds. The fourth-order valence-electron chi connectivity index (χ4n) is 3.27. The molecular formula is C22H22BrN5O4S. The van der Waals surface area contributed by atoms with Crippen LogP contribution in [-0.4, -0.2) is 46.3 Å². The smallest absolute Gasteiger partial charge is 0.240 e. The zero-order valence-electron chi connectivity index (χ0n) is 17.4. The summed E-state index contributed by atoms with van der Waals surface area (Å²) in [6, 6.07) is 14.2. The molecular weight excluding hydrogens is 510 g/mol. The lowest BCUT2D eigenvalue weighted by molar-refractivity contribution is 0.474. The van der Waals surface area contributed by atoms with E-state index >= 15 is 0 Å². The van der Waals surface area contributed by atoms with Gasteiger partial charge in [-0.3, -0.25) is 0 Å². The average Bonchev–Trinajstić information content (AvgIpc) is 3.17. The van der Waals surface area contributed by atoms with Crippen LogP contribution in [0.5, 0.6) is 11.5 Å². The van der Waals surface area contributed by atoms with E-state index in [2.05, 4.69) is 36.1 Å². The maximum Gasteiger partial charge on any atom is 0.240 e. The summed E-state index contributed by atoms with van der Waals surface area (Å²) in [5.41, 5.74) is 1.82. The molecule has 0 fully saturated rings. The summed E-state index contributed by atoms with van der Waals surface area (Å²) in [6.07, 6.45) is 2.98. The van der Waals surface area contributed by atoms with Gasteiger partial charge in [-0.1, -0.05) is 12.1 Å². The number of hydrogen-bond acceptors (Lipinski definition) is 7. The zero-order valence-corrected chi connectivity index (χ0v) is 19.8. The van der Waals surface area contributed by atoms with Crippen LogP contribution in [0.4, 0.5) is 5.82 Å². The van der Waals surface area contributed by atoms with Crippen LogP contribution in [0, 0.1) is 0 Å². The summed E-state index contributed by atoms with van der Waals surface area (Å²) in [7, 11) is -3.62. The van der Waals surface area contributed by atoms with Gasteiger partial charge in [-0.05, 0) is 65.2 Å². The minimum absolute atomic E-state index is 0.0140. The summed E-state index contributed by atoms with van der Waals surface area (Å²) < 4.78 is 29.5. The first kappa shape index (κ1) is 23.0. The maximum absolute atomic E-state index is 12.3. The topological polar surface area (TPSA) is 129 Å². The van der Waals surface area contributed by atoms with E-state index in [1.165, 1.54) is 24.3 Å². The minimum Gasteiger partial charge on any atom is -0.508 e. The Bertz CT molecular complexity index is 1370. The number of nitrogens with zero attached hydrogens (tertiary/aromatic N) is 3. The quantitative estimate of drug-likeness (QED) is 0.242. The number of halogens is 1. The van der Waals surface area contributed by atoms with Crippen LogP contribution in [0.15, 0.2) is 70.2 Å². The van der Waals surface area contributed by atoms with Crippen molar-refractivity contribution in [1.29, 1.82) is 0 Å². The third-order valence-electron chi connectivity index (χ3n) is 4.96. The number of sulfonamides is 1. The molecule has 0 radical (unpaired) electrons. The van der Waals surface area contributed by atoms with Gasteiger partial charge in [-0.25, -0.2) is 18.1 Å². The molecule has 4 rings (SSSR count). The molecule has 0 saturated carbocycles. The molecule has 11 heteroatoms. The Balaban J connectivity index is 1.38. The van der Waals surface area contributed by atoms with Crippen molar-refractivity contribution in [2.45, 2.75) is 17.7 Å². The van der Waals surface area contributed by atoms with Crippen LogP contribution in [-0.2, 0) is 10.0 Å². The van der Waals surface area contributed by atoms with Gasteiger partial charge in [-0.2, -0.15) is 9.61 Å². The molecule has 0 aliphatic carbocycles. The van der Waals surface area contributed by atoms with Gasteiger partial charge < -0.3 is 15.5 Å². The van der Waals surface area contributed by atoms with Crippen LogP contribution in [0.1, 0.15) is 12.8 Å². The Hall–Kier alpha value is -3.15. The molecule has 0 saturated heterocycles. The van der Waals surface area contributed by atoms with Crippen molar-refractivity contribution in [3.8, 4) is 22.8 Å². The van der Waals surface area contributed by atoms with Crippen molar-refractivity contribution in [2.75, 3.05) is 18.4 Å². The van der Waals surface area contributed by atoms with E-state index < -0.39 is 10.0 Å². The van der Waals surface area contributed by atoms with Crippen molar-refractivity contribution in [3.63, 3.8) is 0 Å². The summed E-state index contributed by atoms with van der Waals surface area (Å²) in [6.45, 7) is 0.866. The second-order valence-corrected chi connectivity index (χ2v) is 9.92. The van der Waals surface area contributed by atoms with E-state index in [0.29, 0.717) is 42.1 Å². The van der Waals surface area contributed by atoms with Crippen molar-refractivity contribution >= 4 is 37.4 Å². The second-order valence-electron chi connectivity index (χ2n) is 7.30. The lowest BCUT2D eigenvalue weighted by atomic mass is 10.1. The Kier molecular flexibility index (Phi) is 6.82. The number of para-hydroxylation sites is 1. The molecule has 33 heavy (non-hydrogen) atoms. The van der Waals surface area contributed by atoms with E-state index in [4.69, 9.17) is 0 Å². The third-order valence-corrected chi connectivity index (χ3v) is 6.99. The molecule has 2 aromatic heterocycles. The number of hydrogen-bond donors (Lipinski definition) is 4. The van der Waals surface area contributed by atoms with Crippen molar-refractivity contribution in [2.24, 2.45) is 0 Å². The predicted molar refractivity (Wildman–Crippen MR) is 129 cm³/mol. The normalized spacial score (nSPS) is 11.7. The highest BCUT2D eigenvalue weighted by Crippen LogP contribution is 2.31. The number of fused-ring (bicyclic) bond motifs is 1. The molecule has 0 aliphatic heterocycles. The lowest BCUT2D eigenvalue weighted by Gasteiger charge is -2.12. The zero-order chi connectivity index (χ0) is 23.4. The third kappa shape index (κ3) is 5.27. The monoisotopic (exact) mass is 531 g/mol. The average molecular weight is 532 g/mol. The van der Waals surface area contributed by atoms with Crippen molar-refractivity contribution in [3.05, 3.63) is 65.3 Å². The van der Waals surface area contributed by atoms with E-state index in [1.807, 2.05) is 12.1 Å². The molecule has 0 bridgehead atoms.